The number of aromatic nitrogens is 1. The molecule has 3 N–H and O–H groups in total. The number of anilines is 1. The van der Waals surface area contributed by atoms with E-state index in [1.165, 1.54) is 4.90 Å². The lowest BCUT2D eigenvalue weighted by atomic mass is 10.0. The number of fused-ring (bicyclic) bond motifs is 2. The zero-order valence-electron chi connectivity index (χ0n) is 18.8. The Labute approximate surface area is 195 Å². The maximum Gasteiger partial charge on any atom is 0.272 e. The summed E-state index contributed by atoms with van der Waals surface area (Å²) in [5, 5.41) is 6.05. The first kappa shape index (κ1) is 21.7. The van der Waals surface area contributed by atoms with Gasteiger partial charge >= 0.3 is 0 Å². The van der Waals surface area contributed by atoms with Crippen molar-refractivity contribution in [2.75, 3.05) is 5.32 Å². The zero-order valence-corrected chi connectivity index (χ0v) is 18.8. The summed E-state index contributed by atoms with van der Waals surface area (Å²) in [6.45, 7) is 4.15. The summed E-state index contributed by atoms with van der Waals surface area (Å²) in [4.78, 5) is 53.9. The van der Waals surface area contributed by atoms with Crippen LogP contribution >= 0.6 is 0 Å². The largest absolute Gasteiger partial charge is 0.491 e. The van der Waals surface area contributed by atoms with Gasteiger partial charge in [-0.1, -0.05) is 0 Å². The third-order valence-electron chi connectivity index (χ3n) is 5.99. The first-order valence-corrected chi connectivity index (χ1v) is 11.2. The van der Waals surface area contributed by atoms with Gasteiger partial charge in [0.15, 0.2) is 0 Å². The van der Waals surface area contributed by atoms with Crippen LogP contribution in [0.1, 0.15) is 53.1 Å². The summed E-state index contributed by atoms with van der Waals surface area (Å²) in [5.41, 5.74) is 2.95. The van der Waals surface area contributed by atoms with Crippen molar-refractivity contribution in [3.05, 3.63) is 59.3 Å². The summed E-state index contributed by atoms with van der Waals surface area (Å²) in [7, 11) is 0. The van der Waals surface area contributed by atoms with Crippen molar-refractivity contribution in [3.8, 4) is 5.75 Å². The summed E-state index contributed by atoms with van der Waals surface area (Å²) < 4.78 is 5.71. The van der Waals surface area contributed by atoms with Crippen LogP contribution < -0.4 is 15.4 Å². The lowest BCUT2D eigenvalue weighted by Gasteiger charge is -2.29. The molecule has 1 fully saturated rings. The molecule has 3 aromatic rings. The van der Waals surface area contributed by atoms with Crippen molar-refractivity contribution < 1.29 is 23.9 Å². The Hall–Kier alpha value is -4.14. The zero-order chi connectivity index (χ0) is 24.0. The molecule has 0 radical (unpaired) electrons. The average Bonchev–Trinajstić information content (AvgIpc) is 3.34. The molecule has 4 amide bonds. The Morgan fingerprint density at radius 1 is 1.12 bits per heavy atom. The highest BCUT2D eigenvalue weighted by Gasteiger charge is 2.39. The molecule has 0 spiro atoms. The van der Waals surface area contributed by atoms with E-state index in [-0.39, 0.29) is 36.8 Å². The van der Waals surface area contributed by atoms with Crippen LogP contribution in [0.5, 0.6) is 5.75 Å². The molecule has 1 saturated heterocycles. The summed E-state index contributed by atoms with van der Waals surface area (Å²) in [6.07, 6.45) is 0.555. The number of carbonyl (C=O) groups excluding carboxylic acids is 4. The number of carbonyl (C=O) groups is 4. The first-order valence-electron chi connectivity index (χ1n) is 11.2. The second-order valence-corrected chi connectivity index (χ2v) is 8.82. The van der Waals surface area contributed by atoms with Gasteiger partial charge in [0.05, 0.1) is 6.10 Å². The Balaban J connectivity index is 1.31. The summed E-state index contributed by atoms with van der Waals surface area (Å²) in [5.74, 6) is -0.617. The standard InChI is InChI=1S/C25H24N4O5/c1-13(2)34-17-5-3-14-10-20(27-19(14)11-17)23(31)26-16-4-6-18-15(9-16)12-29(25(18)33)21-7-8-22(30)28-24(21)32/h3-6,9-11,13,21,27H,7-8,12H2,1-2H3,(H,26,31)(H,28,30,32). The molecule has 2 aromatic carbocycles. The van der Waals surface area contributed by atoms with Gasteiger partial charge in [-0.15, -0.1) is 0 Å². The highest BCUT2D eigenvalue weighted by Crippen LogP contribution is 2.30. The Morgan fingerprint density at radius 2 is 1.94 bits per heavy atom. The number of hydrogen-bond acceptors (Lipinski definition) is 5. The van der Waals surface area contributed by atoms with Crippen LogP contribution in [0, 0.1) is 0 Å². The number of nitrogens with one attached hydrogen (secondary N) is 3. The third-order valence-corrected chi connectivity index (χ3v) is 5.99. The van der Waals surface area contributed by atoms with Gasteiger partial charge in [-0.05, 0) is 62.2 Å². The van der Waals surface area contributed by atoms with E-state index in [0.29, 0.717) is 23.4 Å². The number of rotatable bonds is 5. The monoisotopic (exact) mass is 460 g/mol. The van der Waals surface area contributed by atoms with Crippen LogP contribution in [-0.4, -0.2) is 45.7 Å². The molecule has 0 saturated carbocycles. The molecule has 1 atom stereocenters. The molecule has 2 aliphatic heterocycles. The molecule has 1 aromatic heterocycles. The van der Waals surface area contributed by atoms with Crippen molar-refractivity contribution in [1.29, 1.82) is 0 Å². The van der Waals surface area contributed by atoms with Gasteiger partial charge in [-0.25, -0.2) is 0 Å². The molecular formula is C25H24N4O5. The van der Waals surface area contributed by atoms with E-state index in [1.807, 2.05) is 32.0 Å². The fourth-order valence-electron chi connectivity index (χ4n) is 4.42. The number of nitrogens with zero attached hydrogens (tertiary/aromatic N) is 1. The van der Waals surface area contributed by atoms with Gasteiger partial charge in [0, 0.05) is 41.2 Å². The number of ether oxygens (including phenoxy) is 1. The molecule has 9 nitrogen and oxygen atoms in total. The number of piperidine rings is 1. The van der Waals surface area contributed by atoms with Gasteiger partial charge in [0.2, 0.25) is 11.8 Å². The van der Waals surface area contributed by atoms with E-state index >= 15 is 0 Å². The summed E-state index contributed by atoms with van der Waals surface area (Å²) in [6, 6.07) is 11.8. The second-order valence-electron chi connectivity index (χ2n) is 8.82. The number of benzene rings is 2. The minimum absolute atomic E-state index is 0.0489. The maximum atomic E-state index is 12.9. The molecule has 34 heavy (non-hydrogen) atoms. The Kier molecular flexibility index (Phi) is 5.31. The molecule has 5 rings (SSSR count). The van der Waals surface area contributed by atoms with Crippen molar-refractivity contribution >= 4 is 40.2 Å². The van der Waals surface area contributed by atoms with Crippen LogP contribution in [0.4, 0.5) is 5.69 Å². The SMILES string of the molecule is CC(C)Oc1ccc2cc(C(=O)Nc3ccc4c(c3)CN(C3CCC(=O)NC3=O)C4=O)[nH]c2c1. The number of aromatic amines is 1. The fraction of sp³-hybridized carbons (Fsp3) is 0.280. The third kappa shape index (κ3) is 4.00. The van der Waals surface area contributed by atoms with E-state index in [9.17, 15) is 19.2 Å². The van der Waals surface area contributed by atoms with Gasteiger partial charge in [-0.2, -0.15) is 0 Å². The predicted octanol–water partition coefficient (Wildman–Crippen LogP) is 2.97. The second kappa shape index (κ2) is 8.33. The van der Waals surface area contributed by atoms with Crippen molar-refractivity contribution in [2.45, 2.75) is 45.4 Å². The van der Waals surface area contributed by atoms with E-state index < -0.39 is 11.9 Å². The fourth-order valence-corrected chi connectivity index (χ4v) is 4.42. The number of H-pyrrole nitrogens is 1. The van der Waals surface area contributed by atoms with Crippen LogP contribution in [0.25, 0.3) is 10.9 Å². The van der Waals surface area contributed by atoms with E-state index in [4.69, 9.17) is 4.74 Å². The minimum atomic E-state index is -0.674. The van der Waals surface area contributed by atoms with Crippen LogP contribution in [0.2, 0.25) is 0 Å². The first-order chi connectivity index (χ1) is 16.3. The number of hydrogen-bond donors (Lipinski definition) is 3. The lowest BCUT2D eigenvalue weighted by molar-refractivity contribution is -0.136. The topological polar surface area (TPSA) is 121 Å². The van der Waals surface area contributed by atoms with Crippen molar-refractivity contribution in [3.63, 3.8) is 0 Å². The minimum Gasteiger partial charge on any atom is -0.491 e. The highest BCUT2D eigenvalue weighted by molar-refractivity contribution is 6.08. The van der Waals surface area contributed by atoms with Crippen LogP contribution in [0.15, 0.2) is 42.5 Å². The molecular weight excluding hydrogens is 436 g/mol. The van der Waals surface area contributed by atoms with Crippen LogP contribution in [-0.2, 0) is 16.1 Å². The van der Waals surface area contributed by atoms with Crippen molar-refractivity contribution in [1.82, 2.24) is 15.2 Å². The molecule has 0 bridgehead atoms. The van der Waals surface area contributed by atoms with Gasteiger partial charge in [0.25, 0.3) is 11.8 Å². The normalized spacial score (nSPS) is 17.8. The Bertz CT molecular complexity index is 1340. The van der Waals surface area contributed by atoms with E-state index in [2.05, 4.69) is 15.6 Å². The predicted molar refractivity (Wildman–Crippen MR) is 125 cm³/mol. The molecule has 174 valence electrons. The van der Waals surface area contributed by atoms with Gasteiger partial charge < -0.3 is 19.9 Å². The number of imide groups is 1. The molecule has 9 heteroatoms. The maximum absolute atomic E-state index is 12.9. The average molecular weight is 460 g/mol. The lowest BCUT2D eigenvalue weighted by Crippen LogP contribution is -2.52. The highest BCUT2D eigenvalue weighted by atomic mass is 16.5. The van der Waals surface area contributed by atoms with Gasteiger partial charge in [-0.3, -0.25) is 24.5 Å². The smallest absolute Gasteiger partial charge is 0.272 e. The van der Waals surface area contributed by atoms with Crippen molar-refractivity contribution in [2.24, 2.45) is 0 Å². The Morgan fingerprint density at radius 3 is 2.71 bits per heavy atom. The molecule has 0 aliphatic carbocycles. The molecule has 1 unspecified atom stereocenters. The summed E-state index contributed by atoms with van der Waals surface area (Å²) >= 11 is 0. The van der Waals surface area contributed by atoms with Crippen LogP contribution in [0.3, 0.4) is 0 Å². The van der Waals surface area contributed by atoms with E-state index in [0.717, 1.165) is 22.2 Å². The van der Waals surface area contributed by atoms with E-state index in [1.54, 1.807) is 24.3 Å². The molecule has 2 aliphatic rings. The van der Waals surface area contributed by atoms with Gasteiger partial charge in [0.1, 0.15) is 17.5 Å². The molecule has 3 heterocycles. The quantitative estimate of drug-likeness (QED) is 0.506. The number of amides is 4.